The number of methoxy groups -OCH3 is 1. The molecule has 1 aliphatic carbocycles. The van der Waals surface area contributed by atoms with Crippen molar-refractivity contribution in [3.05, 3.63) is 69.4 Å². The number of aryl methyl sites for hydroxylation is 3. The van der Waals surface area contributed by atoms with Crippen LogP contribution in [0.3, 0.4) is 0 Å². The lowest BCUT2D eigenvalue weighted by atomic mass is 9.90. The van der Waals surface area contributed by atoms with Crippen LogP contribution in [0.5, 0.6) is 5.75 Å². The van der Waals surface area contributed by atoms with Crippen LogP contribution in [0.25, 0.3) is 16.9 Å². The second kappa shape index (κ2) is 5.73. The van der Waals surface area contributed by atoms with Crippen molar-refractivity contribution in [1.29, 1.82) is 0 Å². The van der Waals surface area contributed by atoms with Gasteiger partial charge in [0.15, 0.2) is 0 Å². The molecule has 0 atom stereocenters. The fourth-order valence-corrected chi connectivity index (χ4v) is 3.34. The topological polar surface area (TPSA) is 70.2 Å². The Labute approximate surface area is 144 Å². The van der Waals surface area contributed by atoms with Gasteiger partial charge in [-0.05, 0) is 54.7 Å². The summed E-state index contributed by atoms with van der Waals surface area (Å²) in [4.78, 5) is 10.5. The second-order valence-electron chi connectivity index (χ2n) is 6.20. The van der Waals surface area contributed by atoms with Gasteiger partial charge in [-0.15, -0.1) is 0 Å². The highest BCUT2D eigenvalue weighted by Crippen LogP contribution is 2.35. The third-order valence-corrected chi connectivity index (χ3v) is 4.66. The molecule has 6 nitrogen and oxygen atoms in total. The smallest absolute Gasteiger partial charge is 0.269 e. The highest BCUT2D eigenvalue weighted by molar-refractivity contribution is 5.71. The van der Waals surface area contributed by atoms with Crippen LogP contribution in [0, 0.1) is 17.0 Å². The predicted molar refractivity (Wildman–Crippen MR) is 94.4 cm³/mol. The van der Waals surface area contributed by atoms with Gasteiger partial charge in [0.25, 0.3) is 5.69 Å². The van der Waals surface area contributed by atoms with E-state index >= 15 is 0 Å². The van der Waals surface area contributed by atoms with Crippen LogP contribution in [-0.2, 0) is 12.8 Å². The number of nitro groups is 1. The number of hydrogen-bond acceptors (Lipinski definition) is 4. The third kappa shape index (κ3) is 2.55. The molecule has 0 saturated heterocycles. The number of nitro benzene ring substituents is 1. The lowest BCUT2D eigenvalue weighted by Gasteiger charge is -2.15. The molecule has 126 valence electrons. The molecule has 0 saturated carbocycles. The maximum Gasteiger partial charge on any atom is 0.269 e. The Bertz CT molecular complexity index is 992. The van der Waals surface area contributed by atoms with Gasteiger partial charge in [0.2, 0.25) is 0 Å². The first-order valence-corrected chi connectivity index (χ1v) is 8.08. The molecule has 6 heteroatoms. The minimum atomic E-state index is -0.382. The van der Waals surface area contributed by atoms with Crippen LogP contribution in [0.2, 0.25) is 0 Å². The van der Waals surface area contributed by atoms with E-state index < -0.39 is 0 Å². The van der Waals surface area contributed by atoms with Crippen LogP contribution in [0.15, 0.2) is 42.6 Å². The molecule has 0 unspecified atom stereocenters. The Morgan fingerprint density at radius 2 is 1.96 bits per heavy atom. The van der Waals surface area contributed by atoms with Gasteiger partial charge in [-0.3, -0.25) is 10.1 Å². The zero-order valence-electron chi connectivity index (χ0n) is 14.0. The summed E-state index contributed by atoms with van der Waals surface area (Å²) in [5.41, 5.74) is 6.26. The Hall–Kier alpha value is -3.15. The van der Waals surface area contributed by atoms with E-state index in [0.29, 0.717) is 0 Å². The van der Waals surface area contributed by atoms with Gasteiger partial charge in [0.1, 0.15) is 5.75 Å². The van der Waals surface area contributed by atoms with Crippen molar-refractivity contribution in [2.45, 2.75) is 19.8 Å². The maximum atomic E-state index is 10.9. The molecule has 0 spiro atoms. The van der Waals surface area contributed by atoms with E-state index in [0.717, 1.165) is 41.1 Å². The van der Waals surface area contributed by atoms with Crippen molar-refractivity contribution in [2.24, 2.45) is 0 Å². The Morgan fingerprint density at radius 1 is 1.16 bits per heavy atom. The minimum Gasteiger partial charge on any atom is -0.497 e. The SMILES string of the molecule is COc1ccc2c(c1)-c1nn(-c3ccc([N+](=O)[O-])cc3C)cc1CC2. The molecule has 0 amide bonds. The highest BCUT2D eigenvalue weighted by atomic mass is 16.6. The Morgan fingerprint density at radius 3 is 2.68 bits per heavy atom. The first-order valence-electron chi connectivity index (χ1n) is 8.08. The molecule has 1 aromatic heterocycles. The second-order valence-corrected chi connectivity index (χ2v) is 6.20. The van der Waals surface area contributed by atoms with E-state index in [2.05, 4.69) is 6.07 Å². The van der Waals surface area contributed by atoms with Crippen molar-refractivity contribution in [3.8, 4) is 22.7 Å². The molecule has 25 heavy (non-hydrogen) atoms. The zero-order valence-corrected chi connectivity index (χ0v) is 14.0. The number of nitrogens with zero attached hydrogens (tertiary/aromatic N) is 3. The number of non-ortho nitro benzene ring substituents is 1. The first-order chi connectivity index (χ1) is 12.1. The van der Waals surface area contributed by atoms with E-state index in [1.807, 2.05) is 29.9 Å². The van der Waals surface area contributed by atoms with Crippen LogP contribution < -0.4 is 4.74 Å². The molecule has 1 aliphatic rings. The molecule has 0 bridgehead atoms. The summed E-state index contributed by atoms with van der Waals surface area (Å²) in [5, 5.41) is 15.7. The van der Waals surface area contributed by atoms with Crippen LogP contribution >= 0.6 is 0 Å². The average Bonchev–Trinajstić information content (AvgIpc) is 3.05. The summed E-state index contributed by atoms with van der Waals surface area (Å²) in [7, 11) is 1.66. The maximum absolute atomic E-state index is 10.9. The molecule has 3 aromatic rings. The highest BCUT2D eigenvalue weighted by Gasteiger charge is 2.21. The van der Waals surface area contributed by atoms with Gasteiger partial charge < -0.3 is 4.74 Å². The molecule has 4 rings (SSSR count). The summed E-state index contributed by atoms with van der Waals surface area (Å²) in [5.74, 6) is 0.813. The predicted octanol–water partition coefficient (Wildman–Crippen LogP) is 3.86. The van der Waals surface area contributed by atoms with E-state index in [9.17, 15) is 10.1 Å². The fourth-order valence-electron chi connectivity index (χ4n) is 3.34. The summed E-state index contributed by atoms with van der Waals surface area (Å²) in [6.45, 7) is 1.86. The van der Waals surface area contributed by atoms with Gasteiger partial charge in [-0.25, -0.2) is 4.68 Å². The number of benzene rings is 2. The zero-order chi connectivity index (χ0) is 17.6. The lowest BCUT2D eigenvalue weighted by Crippen LogP contribution is -2.03. The molecule has 2 aromatic carbocycles. The molecule has 0 radical (unpaired) electrons. The third-order valence-electron chi connectivity index (χ3n) is 4.66. The lowest BCUT2D eigenvalue weighted by molar-refractivity contribution is -0.384. The average molecular weight is 335 g/mol. The summed E-state index contributed by atoms with van der Waals surface area (Å²) >= 11 is 0. The summed E-state index contributed by atoms with van der Waals surface area (Å²) < 4.78 is 7.16. The van der Waals surface area contributed by atoms with Crippen molar-refractivity contribution in [3.63, 3.8) is 0 Å². The first kappa shape index (κ1) is 15.4. The quantitative estimate of drug-likeness (QED) is 0.538. The number of ether oxygens (including phenoxy) is 1. The number of fused-ring (bicyclic) bond motifs is 3. The van der Waals surface area contributed by atoms with Gasteiger partial charge in [-0.1, -0.05) is 6.07 Å². The van der Waals surface area contributed by atoms with Crippen LogP contribution in [0.4, 0.5) is 5.69 Å². The summed E-state index contributed by atoms with van der Waals surface area (Å²) in [6.07, 6.45) is 3.92. The van der Waals surface area contributed by atoms with Crippen molar-refractivity contribution in [2.75, 3.05) is 7.11 Å². The largest absolute Gasteiger partial charge is 0.497 e. The monoisotopic (exact) mass is 335 g/mol. The molecular formula is C19H17N3O3. The molecular weight excluding hydrogens is 318 g/mol. The van der Waals surface area contributed by atoms with Gasteiger partial charge in [0, 0.05) is 23.9 Å². The molecule has 0 N–H and O–H groups in total. The normalized spacial score (nSPS) is 12.4. The van der Waals surface area contributed by atoms with Crippen LogP contribution in [-0.4, -0.2) is 21.8 Å². The number of aromatic nitrogens is 2. The Kier molecular flexibility index (Phi) is 3.53. The fraction of sp³-hybridized carbons (Fsp3) is 0.211. The van der Waals surface area contributed by atoms with E-state index in [-0.39, 0.29) is 10.6 Å². The van der Waals surface area contributed by atoms with E-state index in [1.54, 1.807) is 19.2 Å². The van der Waals surface area contributed by atoms with Gasteiger partial charge in [-0.2, -0.15) is 5.10 Å². The minimum absolute atomic E-state index is 0.0910. The summed E-state index contributed by atoms with van der Waals surface area (Å²) in [6, 6.07) is 10.9. The van der Waals surface area contributed by atoms with Crippen molar-refractivity contribution >= 4 is 5.69 Å². The van der Waals surface area contributed by atoms with Crippen molar-refractivity contribution < 1.29 is 9.66 Å². The van der Waals surface area contributed by atoms with Gasteiger partial charge in [0.05, 0.1) is 23.4 Å². The van der Waals surface area contributed by atoms with Gasteiger partial charge >= 0.3 is 0 Å². The molecule has 0 aliphatic heterocycles. The van der Waals surface area contributed by atoms with Crippen LogP contribution in [0.1, 0.15) is 16.7 Å². The number of hydrogen-bond donors (Lipinski definition) is 0. The van der Waals surface area contributed by atoms with E-state index in [1.165, 1.54) is 17.2 Å². The Balaban J connectivity index is 1.81. The molecule has 0 fully saturated rings. The standard InChI is InChI=1S/C19H17N3O3/c1-12-9-15(22(23)24)6-8-18(12)21-11-14-4-3-13-5-7-16(25-2)10-17(13)19(14)20-21/h5-11H,3-4H2,1-2H3. The number of rotatable bonds is 3. The van der Waals surface area contributed by atoms with E-state index in [4.69, 9.17) is 9.84 Å². The molecule has 1 heterocycles. The van der Waals surface area contributed by atoms with Crippen molar-refractivity contribution in [1.82, 2.24) is 9.78 Å².